The normalized spacial score (nSPS) is 9.20. The van der Waals surface area contributed by atoms with Crippen LogP contribution in [0, 0.1) is 6.58 Å². The largest absolute Gasteiger partial charge is 1.00 e. The van der Waals surface area contributed by atoms with Gasteiger partial charge in [0, 0.05) is 0 Å². The van der Waals surface area contributed by atoms with Crippen molar-refractivity contribution in [3.63, 3.8) is 0 Å². The fraction of sp³-hybridized carbons (Fsp3) is 0.190. The fourth-order valence-corrected chi connectivity index (χ4v) is 2.17. The van der Waals surface area contributed by atoms with Crippen LogP contribution < -0.4 is 24.8 Å². The van der Waals surface area contributed by atoms with Crippen molar-refractivity contribution in [2.45, 2.75) is 26.9 Å². The predicted octanol–water partition coefficient (Wildman–Crippen LogP) is 0.446. The Morgan fingerprint density at radius 3 is 1.60 bits per heavy atom. The first-order chi connectivity index (χ1) is 11.0. The minimum atomic E-state index is 0. The Labute approximate surface area is 180 Å². The number of fused-ring (bicyclic) bond motifs is 3. The van der Waals surface area contributed by atoms with Crippen molar-refractivity contribution >= 4 is 27.0 Å². The molecule has 0 spiro atoms. The van der Waals surface area contributed by atoms with Crippen molar-refractivity contribution in [2.24, 2.45) is 0 Å². The standard InChI is InChI=1S/C13H9.C6H9.C2H6Si.2ClH.Zr/c1-3-7-12-10(5-1)9-11-6-2-4-8-13(11)12;1-4-5-6(2)3;1-3-2;;;/h1-9H;2,4-5H,1,3H3;1-2H3;2*1H;/q2*-1;;;;+2/p-2. The number of allylic oxidation sites excluding steroid dienone is 3. The summed E-state index contributed by atoms with van der Waals surface area (Å²) in [5.74, 6) is 0. The number of hydrogen-bond donors (Lipinski definition) is 0. The molecule has 0 unspecified atom stereocenters. The van der Waals surface area contributed by atoms with Crippen LogP contribution >= 0.6 is 0 Å². The van der Waals surface area contributed by atoms with E-state index in [4.69, 9.17) is 6.58 Å². The Kier molecular flexibility index (Phi) is 15.6. The zero-order valence-corrected chi connectivity index (χ0v) is 20.2. The minimum absolute atomic E-state index is 0. The van der Waals surface area contributed by atoms with Gasteiger partial charge in [-0.05, 0) is 0 Å². The van der Waals surface area contributed by atoms with Gasteiger partial charge in [0.2, 0.25) is 0 Å². The van der Waals surface area contributed by atoms with Gasteiger partial charge in [-0.15, -0.1) is 39.7 Å². The van der Waals surface area contributed by atoms with Crippen molar-refractivity contribution in [1.29, 1.82) is 0 Å². The molecule has 0 fully saturated rings. The third kappa shape index (κ3) is 10.3. The van der Waals surface area contributed by atoms with Gasteiger partial charge in [-0.3, -0.25) is 6.58 Å². The van der Waals surface area contributed by atoms with E-state index in [0.717, 1.165) is 5.57 Å². The first-order valence-corrected chi connectivity index (χ1v) is 13.9. The van der Waals surface area contributed by atoms with E-state index in [2.05, 4.69) is 67.7 Å². The van der Waals surface area contributed by atoms with Gasteiger partial charge >= 0.3 is 41.9 Å². The molecule has 3 aromatic carbocycles. The zero-order valence-electron chi connectivity index (χ0n) is 15.2. The smallest absolute Gasteiger partial charge is 0.0633 e. The molecule has 0 aromatic heterocycles. The fourth-order valence-electron chi connectivity index (χ4n) is 2.17. The molecule has 3 aromatic rings. The molecule has 0 atom stereocenters. The number of benzene rings is 2. The van der Waals surface area contributed by atoms with Crippen molar-refractivity contribution in [3.8, 4) is 0 Å². The van der Waals surface area contributed by atoms with Gasteiger partial charge in [-0.1, -0.05) is 50.2 Å². The summed E-state index contributed by atoms with van der Waals surface area (Å²) < 4.78 is 0. The molecule has 0 N–H and O–H groups in total. The van der Waals surface area contributed by atoms with Gasteiger partial charge in [0.25, 0.3) is 0 Å². The molecule has 0 amide bonds. The molecule has 0 saturated heterocycles. The predicted molar refractivity (Wildman–Crippen MR) is 103 cm³/mol. The summed E-state index contributed by atoms with van der Waals surface area (Å²) in [7, 11) is 0. The average Bonchev–Trinajstić information content (AvgIpc) is 2.86. The van der Waals surface area contributed by atoms with Crippen LogP contribution in [0.2, 0.25) is 13.1 Å². The van der Waals surface area contributed by atoms with E-state index >= 15 is 0 Å². The average molecular weight is 467 g/mol. The molecule has 25 heavy (non-hydrogen) atoms. The SMILES string of the molecule is C[Si](C)=[Zr+2].[CH-]=C(C)C=CC.[Cl-].[Cl-].c1ccc2c(c1)[cH-]c1ccccc12. The van der Waals surface area contributed by atoms with Crippen molar-refractivity contribution in [1.82, 2.24) is 0 Å². The Morgan fingerprint density at radius 2 is 1.32 bits per heavy atom. The summed E-state index contributed by atoms with van der Waals surface area (Å²) in [5.41, 5.74) is 1.07. The number of hydrogen-bond acceptors (Lipinski definition) is 0. The van der Waals surface area contributed by atoms with Crippen LogP contribution in [0.1, 0.15) is 13.8 Å². The molecule has 132 valence electrons. The molecule has 0 aliphatic rings. The molecule has 0 saturated carbocycles. The van der Waals surface area contributed by atoms with Crippen LogP contribution in [0.25, 0.3) is 21.5 Å². The summed E-state index contributed by atoms with van der Waals surface area (Å²) in [5, 5.41) is 5.39. The Balaban J connectivity index is 0. The minimum Gasteiger partial charge on any atom is -1.00 e. The maximum atomic E-state index is 5.23. The maximum Gasteiger partial charge on any atom is -0.0633 e. The van der Waals surface area contributed by atoms with Gasteiger partial charge in [0.1, 0.15) is 0 Å². The van der Waals surface area contributed by atoms with E-state index in [1.165, 1.54) is 21.5 Å². The Morgan fingerprint density at radius 1 is 0.960 bits per heavy atom. The summed E-state index contributed by atoms with van der Waals surface area (Å²) >= 11 is 1.74. The zero-order chi connectivity index (χ0) is 17.2. The molecule has 3 rings (SSSR count). The summed E-state index contributed by atoms with van der Waals surface area (Å²) in [6.07, 6.45) is 3.77. The third-order valence-electron chi connectivity index (χ3n) is 2.95. The summed E-state index contributed by atoms with van der Waals surface area (Å²) in [4.78, 5) is 0. The van der Waals surface area contributed by atoms with Crippen LogP contribution in [0.4, 0.5) is 0 Å². The van der Waals surface area contributed by atoms with Crippen molar-refractivity contribution < 1.29 is 48.1 Å². The van der Waals surface area contributed by atoms with E-state index in [9.17, 15) is 0 Å². The van der Waals surface area contributed by atoms with Crippen LogP contribution in [0.3, 0.4) is 0 Å². The van der Waals surface area contributed by atoms with Gasteiger partial charge in [0.05, 0.1) is 0 Å². The first-order valence-electron chi connectivity index (χ1n) is 7.72. The second kappa shape index (κ2) is 14.6. The van der Waals surface area contributed by atoms with Crippen molar-refractivity contribution in [2.75, 3.05) is 0 Å². The monoisotopic (exact) mass is 464 g/mol. The Hall–Kier alpha value is -0.530. The van der Waals surface area contributed by atoms with Crippen LogP contribution in [0.15, 0.2) is 72.3 Å². The quantitative estimate of drug-likeness (QED) is 0.278. The van der Waals surface area contributed by atoms with E-state index < -0.39 is 0 Å². The van der Waals surface area contributed by atoms with Gasteiger partial charge in [-0.2, -0.15) is 6.08 Å². The molecular weight excluding hydrogens is 442 g/mol. The van der Waals surface area contributed by atoms with Crippen LogP contribution in [0.5, 0.6) is 0 Å². The summed E-state index contributed by atoms with van der Waals surface area (Å²) in [6.45, 7) is 13.7. The number of halogens is 2. The topological polar surface area (TPSA) is 0 Å². The van der Waals surface area contributed by atoms with Gasteiger partial charge in [-0.25, -0.2) is 11.6 Å². The molecular formula is C21H24Cl2SiZr-2. The third-order valence-corrected chi connectivity index (χ3v) is 2.95. The van der Waals surface area contributed by atoms with Gasteiger partial charge < -0.3 is 24.8 Å². The molecule has 0 heterocycles. The van der Waals surface area contributed by atoms with E-state index in [1.54, 1.807) is 23.3 Å². The van der Waals surface area contributed by atoms with Gasteiger partial charge in [0.15, 0.2) is 0 Å². The molecule has 0 aliphatic carbocycles. The Bertz CT molecular complexity index is 764. The number of rotatable bonds is 1. The van der Waals surface area contributed by atoms with Crippen LogP contribution in [-0.2, 0) is 23.3 Å². The van der Waals surface area contributed by atoms with Crippen molar-refractivity contribution in [3.05, 3.63) is 78.9 Å². The molecule has 0 nitrogen and oxygen atoms in total. The van der Waals surface area contributed by atoms with Crippen LogP contribution in [-0.4, -0.2) is 5.43 Å². The molecule has 0 aliphatic heterocycles. The second-order valence-electron chi connectivity index (χ2n) is 5.56. The van der Waals surface area contributed by atoms with E-state index in [-0.39, 0.29) is 30.2 Å². The molecule has 4 heteroatoms. The van der Waals surface area contributed by atoms with E-state index in [1.807, 2.05) is 26.0 Å². The second-order valence-corrected chi connectivity index (χ2v) is 14.9. The molecule has 0 radical (unpaired) electrons. The van der Waals surface area contributed by atoms with E-state index in [0.29, 0.717) is 0 Å². The molecule has 0 bridgehead atoms. The first kappa shape index (κ1) is 26.7. The maximum absolute atomic E-state index is 5.23. The summed E-state index contributed by atoms with van der Waals surface area (Å²) in [6, 6.07) is 19.3.